The Balaban J connectivity index is 2.61. The fourth-order valence-corrected chi connectivity index (χ4v) is 0.845. The molecule has 0 saturated heterocycles. The number of ether oxygens (including phenoxy) is 1. The van der Waals surface area contributed by atoms with Gasteiger partial charge in [-0.2, -0.15) is 5.26 Å². The maximum Gasteiger partial charge on any atom is 0.414 e. The van der Waals surface area contributed by atoms with Gasteiger partial charge in [0.1, 0.15) is 11.7 Å². The number of hydrogen-bond donors (Lipinski definition) is 1. The predicted molar refractivity (Wildman–Crippen MR) is 56.6 cm³/mol. The second-order valence-electron chi connectivity index (χ2n) is 4.03. The molecule has 0 fully saturated rings. The molecule has 1 aromatic rings. The first-order valence-electron chi connectivity index (χ1n) is 4.63. The molecule has 16 heavy (non-hydrogen) atoms. The summed E-state index contributed by atoms with van der Waals surface area (Å²) in [4.78, 5) is 18.9. The van der Waals surface area contributed by atoms with E-state index in [1.807, 2.05) is 6.07 Å². The highest BCUT2D eigenvalue weighted by Gasteiger charge is 2.16. The Labute approximate surface area is 93.3 Å². The quantitative estimate of drug-likeness (QED) is 0.778. The lowest BCUT2D eigenvalue weighted by atomic mass is 10.2. The van der Waals surface area contributed by atoms with E-state index in [4.69, 9.17) is 10.00 Å². The lowest BCUT2D eigenvalue weighted by molar-refractivity contribution is 0.0634. The molecule has 0 unspecified atom stereocenters. The van der Waals surface area contributed by atoms with E-state index in [0.717, 1.165) is 0 Å². The van der Waals surface area contributed by atoms with Crippen LogP contribution in [0.15, 0.2) is 12.4 Å². The molecule has 0 bridgehead atoms. The number of anilines is 1. The molecule has 0 spiro atoms. The maximum absolute atomic E-state index is 11.3. The van der Waals surface area contributed by atoms with Crippen molar-refractivity contribution in [3.05, 3.63) is 18.0 Å². The maximum atomic E-state index is 11.3. The van der Waals surface area contributed by atoms with Crippen molar-refractivity contribution in [2.45, 2.75) is 26.4 Å². The van der Waals surface area contributed by atoms with E-state index >= 15 is 0 Å². The van der Waals surface area contributed by atoms with Gasteiger partial charge in [-0.1, -0.05) is 0 Å². The van der Waals surface area contributed by atoms with Gasteiger partial charge >= 0.3 is 6.09 Å². The van der Waals surface area contributed by atoms with Crippen molar-refractivity contribution >= 4 is 12.0 Å². The summed E-state index contributed by atoms with van der Waals surface area (Å²) in [5.74, 6) is 0.105. The minimum atomic E-state index is -0.628. The smallest absolute Gasteiger partial charge is 0.414 e. The van der Waals surface area contributed by atoms with Gasteiger partial charge in [-0.05, 0) is 20.8 Å². The van der Waals surface area contributed by atoms with Crippen molar-refractivity contribution in [2.75, 3.05) is 5.32 Å². The van der Waals surface area contributed by atoms with Gasteiger partial charge in [0.05, 0.1) is 18.0 Å². The minimum Gasteiger partial charge on any atom is -0.444 e. The zero-order chi connectivity index (χ0) is 12.2. The zero-order valence-corrected chi connectivity index (χ0v) is 9.31. The number of hydrogen-bond acceptors (Lipinski definition) is 5. The predicted octanol–water partition coefficient (Wildman–Crippen LogP) is 1.70. The van der Waals surface area contributed by atoms with Crippen molar-refractivity contribution in [2.24, 2.45) is 0 Å². The molecular weight excluding hydrogens is 208 g/mol. The lowest BCUT2D eigenvalue weighted by Gasteiger charge is -2.19. The Kier molecular flexibility index (Phi) is 3.40. The third kappa shape index (κ3) is 3.92. The number of rotatable bonds is 1. The molecule has 84 valence electrons. The minimum absolute atomic E-state index is 0.105. The molecule has 1 amide bonds. The van der Waals surface area contributed by atoms with Crippen LogP contribution >= 0.6 is 0 Å². The highest BCUT2D eigenvalue weighted by molar-refractivity contribution is 5.82. The van der Waals surface area contributed by atoms with Crippen molar-refractivity contribution in [3.8, 4) is 6.07 Å². The van der Waals surface area contributed by atoms with Gasteiger partial charge in [0.25, 0.3) is 0 Å². The third-order valence-corrected chi connectivity index (χ3v) is 1.39. The molecule has 0 atom stereocenters. The molecule has 0 radical (unpaired) electrons. The summed E-state index contributed by atoms with van der Waals surface area (Å²) >= 11 is 0. The average molecular weight is 220 g/mol. The summed E-state index contributed by atoms with van der Waals surface area (Å²) in [5, 5.41) is 10.9. The zero-order valence-electron chi connectivity index (χ0n) is 9.31. The Bertz CT molecular complexity index is 414. The van der Waals surface area contributed by atoms with E-state index in [9.17, 15) is 4.79 Å². The van der Waals surface area contributed by atoms with Crippen molar-refractivity contribution in [1.29, 1.82) is 5.26 Å². The number of nitriles is 1. The second-order valence-corrected chi connectivity index (χ2v) is 4.03. The first kappa shape index (κ1) is 11.9. The summed E-state index contributed by atoms with van der Waals surface area (Å²) in [6.07, 6.45) is 2.01. The van der Waals surface area contributed by atoms with E-state index in [1.54, 1.807) is 20.8 Å². The normalized spacial score (nSPS) is 10.4. The van der Waals surface area contributed by atoms with Crippen LogP contribution in [0.4, 0.5) is 10.7 Å². The Morgan fingerprint density at radius 2 is 2.00 bits per heavy atom. The van der Waals surface area contributed by atoms with E-state index in [-0.39, 0.29) is 5.95 Å². The van der Waals surface area contributed by atoms with Crippen LogP contribution in [0.1, 0.15) is 26.3 Å². The summed E-state index contributed by atoms with van der Waals surface area (Å²) in [5.41, 5.74) is -0.244. The van der Waals surface area contributed by atoms with Crippen LogP contribution < -0.4 is 5.32 Å². The SMILES string of the molecule is CC(C)(C)OC(=O)Nc1ncc(C#N)cn1. The number of nitrogens with zero attached hydrogens (tertiary/aromatic N) is 3. The molecule has 6 heteroatoms. The van der Waals surface area contributed by atoms with Gasteiger partial charge < -0.3 is 4.74 Å². The first-order chi connectivity index (χ1) is 7.40. The molecule has 0 aromatic carbocycles. The van der Waals surface area contributed by atoms with Gasteiger partial charge in [-0.15, -0.1) is 0 Å². The van der Waals surface area contributed by atoms with Crippen LogP contribution in [-0.2, 0) is 4.74 Å². The molecule has 6 nitrogen and oxygen atoms in total. The van der Waals surface area contributed by atoms with Crippen molar-refractivity contribution in [1.82, 2.24) is 9.97 Å². The molecule has 0 saturated carbocycles. The third-order valence-electron chi connectivity index (χ3n) is 1.39. The highest BCUT2D eigenvalue weighted by atomic mass is 16.6. The van der Waals surface area contributed by atoms with Crippen LogP contribution in [0.5, 0.6) is 0 Å². The average Bonchev–Trinajstić information content (AvgIpc) is 2.16. The molecule has 0 aliphatic rings. The van der Waals surface area contributed by atoms with E-state index in [0.29, 0.717) is 5.56 Å². The number of amides is 1. The van der Waals surface area contributed by atoms with Crippen molar-refractivity contribution in [3.63, 3.8) is 0 Å². The Morgan fingerprint density at radius 1 is 1.44 bits per heavy atom. The van der Waals surface area contributed by atoms with Crippen LogP contribution in [0.25, 0.3) is 0 Å². The van der Waals surface area contributed by atoms with Crippen LogP contribution in [0.3, 0.4) is 0 Å². The monoisotopic (exact) mass is 220 g/mol. The van der Waals surface area contributed by atoms with Crippen molar-refractivity contribution < 1.29 is 9.53 Å². The largest absolute Gasteiger partial charge is 0.444 e. The van der Waals surface area contributed by atoms with Crippen LogP contribution in [0, 0.1) is 11.3 Å². The summed E-state index contributed by atoms with van der Waals surface area (Å²) in [6, 6.07) is 1.88. The number of carbonyl (C=O) groups is 1. The highest BCUT2D eigenvalue weighted by Crippen LogP contribution is 2.08. The molecule has 0 aliphatic carbocycles. The van der Waals surface area contributed by atoms with Crippen LogP contribution in [0.2, 0.25) is 0 Å². The number of aromatic nitrogens is 2. The molecule has 1 rings (SSSR count). The van der Waals surface area contributed by atoms with Gasteiger partial charge in [0.15, 0.2) is 0 Å². The van der Waals surface area contributed by atoms with Gasteiger partial charge in [0, 0.05) is 0 Å². The fraction of sp³-hybridized carbons (Fsp3) is 0.400. The fourth-order valence-electron chi connectivity index (χ4n) is 0.845. The molecule has 0 aliphatic heterocycles. The molecular formula is C10H12N4O2. The molecule has 1 N–H and O–H groups in total. The van der Waals surface area contributed by atoms with Gasteiger partial charge in [-0.25, -0.2) is 14.8 Å². The van der Waals surface area contributed by atoms with Crippen LogP contribution in [-0.4, -0.2) is 21.7 Å². The number of carbonyl (C=O) groups excluding carboxylic acids is 1. The summed E-state index contributed by atoms with van der Waals surface area (Å²) < 4.78 is 5.00. The van der Waals surface area contributed by atoms with Gasteiger partial charge in [0.2, 0.25) is 5.95 Å². The Hall–Kier alpha value is -2.16. The molecule has 1 aromatic heterocycles. The summed E-state index contributed by atoms with van der Waals surface area (Å²) in [6.45, 7) is 5.27. The second kappa shape index (κ2) is 4.57. The topological polar surface area (TPSA) is 87.9 Å². The lowest BCUT2D eigenvalue weighted by Crippen LogP contribution is -2.27. The standard InChI is InChI=1S/C10H12N4O2/c1-10(2,3)16-9(15)14-8-12-5-7(4-11)6-13-8/h5-6H,1-3H3,(H,12,13,14,15). The Morgan fingerprint density at radius 3 is 2.44 bits per heavy atom. The molecule has 1 heterocycles. The van der Waals surface area contributed by atoms with E-state index < -0.39 is 11.7 Å². The number of nitrogens with one attached hydrogen (secondary N) is 1. The van der Waals surface area contributed by atoms with Gasteiger partial charge in [-0.3, -0.25) is 5.32 Å². The van der Waals surface area contributed by atoms with E-state index in [2.05, 4.69) is 15.3 Å². The van der Waals surface area contributed by atoms with E-state index in [1.165, 1.54) is 12.4 Å². The first-order valence-corrected chi connectivity index (χ1v) is 4.63. The summed E-state index contributed by atoms with van der Waals surface area (Å²) in [7, 11) is 0.